The summed E-state index contributed by atoms with van der Waals surface area (Å²) in [4.78, 5) is 12.8. The number of rotatable bonds is 13. The molecule has 0 fully saturated rings. The zero-order valence-electron chi connectivity index (χ0n) is 24.0. The fourth-order valence-corrected chi connectivity index (χ4v) is 6.80. The van der Waals surface area contributed by atoms with Crippen LogP contribution in [0.3, 0.4) is 0 Å². The normalized spacial score (nSPS) is 17.4. The summed E-state index contributed by atoms with van der Waals surface area (Å²) in [5, 5.41) is 9.57. The number of benzene rings is 3. The quantitative estimate of drug-likeness (QED) is 0.176. The molecule has 0 saturated carbocycles. The van der Waals surface area contributed by atoms with Gasteiger partial charge in [-0.3, -0.25) is 0 Å². The maximum absolute atomic E-state index is 13.3. The first-order valence-corrected chi connectivity index (χ1v) is 15.5. The van der Waals surface area contributed by atoms with E-state index in [0.29, 0.717) is 12.2 Å². The summed E-state index contributed by atoms with van der Waals surface area (Å²) in [5.41, 5.74) is 5.95. The number of aliphatic hydroxyl groups is 1. The molecule has 1 aliphatic heterocycles. The van der Waals surface area contributed by atoms with Gasteiger partial charge in [0.25, 0.3) is 0 Å². The van der Waals surface area contributed by atoms with Crippen molar-refractivity contribution in [2.24, 2.45) is 0 Å². The number of ether oxygens (including phenoxy) is 4. The van der Waals surface area contributed by atoms with E-state index in [9.17, 15) is 18.3 Å². The fraction of sp³-hybridized carbons (Fsp3) is 0.303. The number of sulfonamides is 1. The van der Waals surface area contributed by atoms with E-state index in [1.165, 1.54) is 47.6 Å². The van der Waals surface area contributed by atoms with Gasteiger partial charge in [-0.1, -0.05) is 55.1 Å². The van der Waals surface area contributed by atoms with Gasteiger partial charge in [-0.05, 0) is 64.6 Å². The number of methoxy groups -OCH3 is 1. The van der Waals surface area contributed by atoms with Crippen LogP contribution in [0.1, 0.15) is 29.0 Å². The molecule has 5 rings (SSSR count). The van der Waals surface area contributed by atoms with Crippen LogP contribution in [0.25, 0.3) is 11.1 Å². The molecule has 0 amide bonds. The van der Waals surface area contributed by atoms with Crippen molar-refractivity contribution in [2.45, 2.75) is 29.9 Å². The van der Waals surface area contributed by atoms with E-state index in [-0.39, 0.29) is 49.5 Å². The van der Waals surface area contributed by atoms with Gasteiger partial charge in [0, 0.05) is 25.4 Å². The molecule has 0 spiro atoms. The first-order chi connectivity index (χ1) is 20.8. The van der Waals surface area contributed by atoms with Gasteiger partial charge in [-0.2, -0.15) is 4.31 Å². The summed E-state index contributed by atoms with van der Waals surface area (Å²) in [6, 6.07) is 20.7. The first-order valence-electron chi connectivity index (χ1n) is 14.1. The number of esters is 1. The molecule has 0 bridgehead atoms. The zero-order chi connectivity index (χ0) is 30.4. The minimum absolute atomic E-state index is 0.0265. The van der Waals surface area contributed by atoms with Crippen molar-refractivity contribution < 1.29 is 37.3 Å². The predicted molar refractivity (Wildman–Crippen MR) is 161 cm³/mol. The van der Waals surface area contributed by atoms with E-state index < -0.39 is 22.3 Å². The molecule has 2 aliphatic rings. The number of hydrogen-bond donors (Lipinski definition) is 1. The highest BCUT2D eigenvalue weighted by Gasteiger charge is 2.31. The van der Waals surface area contributed by atoms with Crippen molar-refractivity contribution in [2.75, 3.05) is 40.0 Å². The van der Waals surface area contributed by atoms with E-state index in [1.807, 2.05) is 12.1 Å². The minimum atomic E-state index is -3.91. The summed E-state index contributed by atoms with van der Waals surface area (Å²) >= 11 is 0. The van der Waals surface area contributed by atoms with Crippen molar-refractivity contribution in [3.8, 4) is 16.9 Å². The van der Waals surface area contributed by atoms with Crippen LogP contribution in [0.4, 0.5) is 0 Å². The topological polar surface area (TPSA) is 112 Å². The Bertz CT molecular complexity index is 1600. The monoisotopic (exact) mass is 605 g/mol. The van der Waals surface area contributed by atoms with E-state index in [2.05, 4.69) is 36.9 Å². The molecule has 9 nitrogen and oxygen atoms in total. The van der Waals surface area contributed by atoms with Gasteiger partial charge in [0.2, 0.25) is 22.1 Å². The van der Waals surface area contributed by atoms with Gasteiger partial charge < -0.3 is 24.1 Å². The number of nitrogens with zero attached hydrogens (tertiary/aromatic N) is 1. The summed E-state index contributed by atoms with van der Waals surface area (Å²) in [7, 11) is -2.41. The number of carbonyl (C=O) groups is 1. The van der Waals surface area contributed by atoms with E-state index in [4.69, 9.17) is 18.9 Å². The molecule has 10 heteroatoms. The van der Waals surface area contributed by atoms with Crippen molar-refractivity contribution in [3.63, 3.8) is 0 Å². The third-order valence-electron chi connectivity index (χ3n) is 7.53. The lowest BCUT2D eigenvalue weighted by molar-refractivity contribution is -0.160. The summed E-state index contributed by atoms with van der Waals surface area (Å²) in [6.07, 6.45) is 3.65. The van der Waals surface area contributed by atoms with Crippen LogP contribution in [-0.2, 0) is 35.4 Å². The number of aliphatic hydroxyl groups excluding tert-OH is 1. The van der Waals surface area contributed by atoms with Crippen LogP contribution >= 0.6 is 0 Å². The van der Waals surface area contributed by atoms with Gasteiger partial charge >= 0.3 is 5.97 Å². The molecule has 0 unspecified atom stereocenters. The molecular formula is C33H35NO8S. The average molecular weight is 606 g/mol. The Balaban J connectivity index is 1.31. The van der Waals surface area contributed by atoms with E-state index in [0.717, 1.165) is 16.3 Å². The predicted octanol–water partition coefficient (Wildman–Crippen LogP) is 4.41. The lowest BCUT2D eigenvalue weighted by Crippen LogP contribution is -2.37. The highest BCUT2D eigenvalue weighted by atomic mass is 32.2. The number of carbonyl (C=O) groups excluding carboxylic acids is 1. The molecule has 1 heterocycles. The van der Waals surface area contributed by atoms with Crippen molar-refractivity contribution >= 4 is 16.0 Å². The van der Waals surface area contributed by atoms with Gasteiger partial charge in [0.05, 0.1) is 25.2 Å². The smallest absolute Gasteiger partial charge is 0.373 e. The molecule has 3 aromatic rings. The van der Waals surface area contributed by atoms with Gasteiger partial charge in [-0.25, -0.2) is 13.2 Å². The van der Waals surface area contributed by atoms with Crippen molar-refractivity contribution in [1.82, 2.24) is 4.31 Å². The molecule has 0 saturated heterocycles. The second-order valence-corrected chi connectivity index (χ2v) is 12.2. The molecule has 1 aliphatic carbocycles. The third-order valence-corrected chi connectivity index (χ3v) is 9.44. The maximum Gasteiger partial charge on any atom is 0.373 e. The van der Waals surface area contributed by atoms with Crippen molar-refractivity contribution in [1.29, 1.82) is 0 Å². The second kappa shape index (κ2) is 13.6. The molecule has 226 valence electrons. The van der Waals surface area contributed by atoms with Crippen LogP contribution in [-0.4, -0.2) is 70.1 Å². The largest absolute Gasteiger partial charge is 0.497 e. The Morgan fingerprint density at radius 1 is 1.07 bits per heavy atom. The lowest BCUT2D eigenvalue weighted by Gasteiger charge is -2.30. The Hall–Kier alpha value is -3.96. The van der Waals surface area contributed by atoms with Gasteiger partial charge in [0.1, 0.15) is 12.4 Å². The minimum Gasteiger partial charge on any atom is -0.497 e. The van der Waals surface area contributed by atoms with Crippen LogP contribution in [0, 0.1) is 0 Å². The maximum atomic E-state index is 13.3. The van der Waals surface area contributed by atoms with Crippen LogP contribution in [0.2, 0.25) is 0 Å². The van der Waals surface area contributed by atoms with Crippen LogP contribution in [0.15, 0.2) is 96.1 Å². The van der Waals surface area contributed by atoms with E-state index >= 15 is 0 Å². The van der Waals surface area contributed by atoms with Gasteiger partial charge in [-0.15, -0.1) is 0 Å². The Kier molecular flexibility index (Phi) is 9.62. The summed E-state index contributed by atoms with van der Waals surface area (Å²) < 4.78 is 49.9. The highest BCUT2D eigenvalue weighted by molar-refractivity contribution is 7.89. The first kappa shape index (κ1) is 30.5. The van der Waals surface area contributed by atoms with Crippen LogP contribution < -0.4 is 4.74 Å². The number of hydrogen-bond acceptors (Lipinski definition) is 8. The van der Waals surface area contributed by atoms with Crippen LogP contribution in [0.5, 0.6) is 5.75 Å². The average Bonchev–Trinajstić information content (AvgIpc) is 3.41. The molecule has 0 aromatic heterocycles. The fourth-order valence-electron chi connectivity index (χ4n) is 5.39. The number of fused-ring (bicyclic) bond motifs is 3. The molecule has 2 atom stereocenters. The molecule has 43 heavy (non-hydrogen) atoms. The Labute approximate surface area is 252 Å². The SMILES string of the molecule is C=CCOC(=O)C1=C[C@H](c2ccc3c(c2)Cc2ccccc2-3)C[C@H](OCCN(CCO)S(=O)(=O)c2ccc(OC)cc2)O1. The lowest BCUT2D eigenvalue weighted by atomic mass is 9.90. The summed E-state index contributed by atoms with van der Waals surface area (Å²) in [6.45, 7) is 3.10. The molecule has 3 aromatic carbocycles. The third kappa shape index (κ3) is 6.83. The molecule has 0 radical (unpaired) electrons. The van der Waals surface area contributed by atoms with Gasteiger partial charge in [0.15, 0.2) is 0 Å². The standard InChI is InChI=1S/C33H35NO8S/c1-3-17-41-33(36)31-21-25(23-8-13-30-26(19-23)20-24-6-4-5-7-29(24)30)22-32(42-31)40-18-15-34(14-16-35)43(37,38)28-11-9-27(39-2)10-12-28/h3-13,19,21,25,32,35H,1,14-18,20,22H2,2H3/t25-,32+/m0/s1. The zero-order valence-corrected chi connectivity index (χ0v) is 24.8. The van der Waals surface area contributed by atoms with Crippen molar-refractivity contribution in [3.05, 3.63) is 108 Å². The molecular weight excluding hydrogens is 570 g/mol. The Morgan fingerprint density at radius 2 is 1.84 bits per heavy atom. The Morgan fingerprint density at radius 3 is 2.58 bits per heavy atom. The van der Waals surface area contributed by atoms with E-state index in [1.54, 1.807) is 18.2 Å². The second-order valence-electron chi connectivity index (χ2n) is 10.2. The number of allylic oxidation sites excluding steroid dienone is 1. The summed E-state index contributed by atoms with van der Waals surface area (Å²) in [5.74, 6) is -0.264. The highest BCUT2D eigenvalue weighted by Crippen LogP contribution is 2.40. The molecule has 1 N–H and O–H groups in total.